The maximum absolute atomic E-state index is 6.25. The number of aromatic nitrogens is 3. The van der Waals surface area contributed by atoms with Crippen molar-refractivity contribution in [1.29, 1.82) is 0 Å². The molecule has 0 atom stereocenters. The van der Waals surface area contributed by atoms with E-state index in [4.69, 9.17) is 34.8 Å². The monoisotopic (exact) mass is 355 g/mol. The van der Waals surface area contributed by atoms with E-state index in [9.17, 15) is 0 Å². The summed E-state index contributed by atoms with van der Waals surface area (Å²) in [6.07, 6.45) is 0. The lowest BCUT2D eigenvalue weighted by molar-refractivity contribution is 0.892. The number of nitrogens with zero attached hydrogens (tertiary/aromatic N) is 3. The summed E-state index contributed by atoms with van der Waals surface area (Å²) < 4.78 is 1.75. The molecule has 0 bridgehead atoms. The van der Waals surface area contributed by atoms with Gasteiger partial charge in [-0.05, 0) is 30.3 Å². The van der Waals surface area contributed by atoms with Crippen LogP contribution in [0.5, 0.6) is 0 Å². The second kappa shape index (κ2) is 5.89. The summed E-state index contributed by atoms with van der Waals surface area (Å²) in [6.45, 7) is 0. The molecule has 0 saturated heterocycles. The summed E-state index contributed by atoms with van der Waals surface area (Å²) in [4.78, 5) is 0. The molecular formula is C14H8Cl3N3S. The zero-order valence-corrected chi connectivity index (χ0v) is 13.6. The Labute approximate surface area is 141 Å². The van der Waals surface area contributed by atoms with Crippen molar-refractivity contribution in [3.05, 3.63) is 57.5 Å². The third-order valence-corrected chi connectivity index (χ3v) is 4.27. The van der Waals surface area contributed by atoms with Gasteiger partial charge in [-0.2, -0.15) is 0 Å². The highest BCUT2D eigenvalue weighted by atomic mass is 35.5. The van der Waals surface area contributed by atoms with Gasteiger partial charge in [0.05, 0.1) is 20.8 Å². The Hall–Kier alpha value is -1.20. The molecule has 3 nitrogen and oxygen atoms in total. The number of hydrogen-bond donors (Lipinski definition) is 1. The van der Waals surface area contributed by atoms with E-state index >= 15 is 0 Å². The van der Waals surface area contributed by atoms with Gasteiger partial charge in [-0.15, -0.1) is 22.8 Å². The number of para-hydroxylation sites is 1. The number of benzene rings is 2. The first kappa shape index (κ1) is 14.7. The molecule has 3 rings (SSSR count). The molecule has 2 aromatic carbocycles. The van der Waals surface area contributed by atoms with Gasteiger partial charge in [0.25, 0.3) is 0 Å². The molecule has 0 aliphatic rings. The summed E-state index contributed by atoms with van der Waals surface area (Å²) in [5.74, 6) is 0.590. The Bertz CT molecular complexity index is 817. The number of rotatable bonds is 2. The average molecular weight is 357 g/mol. The predicted molar refractivity (Wildman–Crippen MR) is 89.1 cm³/mol. The van der Waals surface area contributed by atoms with E-state index in [0.29, 0.717) is 26.0 Å². The number of hydrogen-bond acceptors (Lipinski definition) is 3. The van der Waals surface area contributed by atoms with Crippen LogP contribution in [0.25, 0.3) is 17.1 Å². The van der Waals surface area contributed by atoms with Crippen molar-refractivity contribution in [3.8, 4) is 17.1 Å². The Morgan fingerprint density at radius 3 is 2.33 bits per heavy atom. The van der Waals surface area contributed by atoms with Crippen molar-refractivity contribution in [1.82, 2.24) is 14.8 Å². The summed E-state index contributed by atoms with van der Waals surface area (Å²) in [5, 5.41) is 10.1. The van der Waals surface area contributed by atoms with Crippen LogP contribution in [0.15, 0.2) is 47.6 Å². The highest BCUT2D eigenvalue weighted by Crippen LogP contribution is 2.31. The second-order valence-electron chi connectivity index (χ2n) is 4.24. The summed E-state index contributed by atoms with van der Waals surface area (Å²) in [7, 11) is 0. The fourth-order valence-corrected chi connectivity index (χ4v) is 2.72. The van der Waals surface area contributed by atoms with Crippen LogP contribution >= 0.6 is 47.4 Å². The molecule has 106 valence electrons. The maximum Gasteiger partial charge on any atom is 0.193 e. The molecule has 0 unspecified atom stereocenters. The van der Waals surface area contributed by atoms with Crippen LogP contribution in [0, 0.1) is 0 Å². The summed E-state index contributed by atoms with van der Waals surface area (Å²) in [6, 6.07) is 12.7. The third-order valence-electron chi connectivity index (χ3n) is 2.92. The second-order valence-corrected chi connectivity index (χ2v) is 5.86. The molecule has 0 aliphatic carbocycles. The van der Waals surface area contributed by atoms with Gasteiger partial charge in [0, 0.05) is 5.56 Å². The van der Waals surface area contributed by atoms with E-state index in [-0.39, 0.29) is 0 Å². The normalized spacial score (nSPS) is 10.9. The Balaban J connectivity index is 2.22. The molecule has 7 heteroatoms. The van der Waals surface area contributed by atoms with E-state index < -0.39 is 0 Å². The van der Waals surface area contributed by atoms with Crippen molar-refractivity contribution >= 4 is 47.4 Å². The molecular weight excluding hydrogens is 349 g/mol. The first-order chi connectivity index (χ1) is 10.1. The van der Waals surface area contributed by atoms with Crippen LogP contribution in [-0.2, 0) is 0 Å². The maximum atomic E-state index is 6.25. The first-order valence-electron chi connectivity index (χ1n) is 5.92. The Morgan fingerprint density at radius 2 is 1.62 bits per heavy atom. The van der Waals surface area contributed by atoms with Crippen LogP contribution in [0.1, 0.15) is 0 Å². The topological polar surface area (TPSA) is 30.7 Å². The van der Waals surface area contributed by atoms with Crippen molar-refractivity contribution < 1.29 is 0 Å². The van der Waals surface area contributed by atoms with Crippen LogP contribution in [0.4, 0.5) is 0 Å². The Kier molecular flexibility index (Phi) is 4.13. The van der Waals surface area contributed by atoms with Gasteiger partial charge in [-0.3, -0.25) is 4.57 Å². The molecule has 0 spiro atoms. The quantitative estimate of drug-likeness (QED) is 0.641. The van der Waals surface area contributed by atoms with Crippen molar-refractivity contribution in [2.45, 2.75) is 5.16 Å². The van der Waals surface area contributed by atoms with Crippen molar-refractivity contribution in [2.24, 2.45) is 0 Å². The van der Waals surface area contributed by atoms with Crippen molar-refractivity contribution in [2.75, 3.05) is 0 Å². The summed E-state index contributed by atoms with van der Waals surface area (Å²) >= 11 is 22.6. The molecule has 21 heavy (non-hydrogen) atoms. The molecule has 0 aliphatic heterocycles. The standard InChI is InChI=1S/C14H8Cl3N3S/c15-9-6-5-8(7-11(9)17)13-18-19-14(21)20(13)12-4-2-1-3-10(12)16/h1-7H,(H,19,21). The van der Waals surface area contributed by atoms with E-state index in [1.807, 2.05) is 24.3 Å². The minimum atomic E-state index is 0.434. The molecule has 3 aromatic rings. The van der Waals surface area contributed by atoms with Crippen LogP contribution in [0.2, 0.25) is 15.1 Å². The molecule has 1 heterocycles. The minimum Gasteiger partial charge on any atom is -0.269 e. The lowest BCUT2D eigenvalue weighted by Crippen LogP contribution is -1.99. The van der Waals surface area contributed by atoms with Crippen molar-refractivity contribution in [3.63, 3.8) is 0 Å². The highest BCUT2D eigenvalue weighted by Gasteiger charge is 2.16. The van der Waals surface area contributed by atoms with Crippen LogP contribution < -0.4 is 0 Å². The first-order valence-corrected chi connectivity index (χ1v) is 7.51. The van der Waals surface area contributed by atoms with Gasteiger partial charge in [0.1, 0.15) is 0 Å². The largest absolute Gasteiger partial charge is 0.269 e. The smallest absolute Gasteiger partial charge is 0.193 e. The van der Waals surface area contributed by atoms with E-state index in [1.165, 1.54) is 0 Å². The van der Waals surface area contributed by atoms with Gasteiger partial charge in [0.15, 0.2) is 11.0 Å². The van der Waals surface area contributed by atoms with Gasteiger partial charge in [-0.25, -0.2) is 0 Å². The van der Waals surface area contributed by atoms with Crippen LogP contribution in [-0.4, -0.2) is 14.8 Å². The number of thiol groups is 1. The SMILES string of the molecule is Sc1nnc(-c2ccc(Cl)c(Cl)c2)n1-c1ccccc1Cl. The fraction of sp³-hybridized carbons (Fsp3) is 0. The molecule has 0 amide bonds. The van der Waals surface area contributed by atoms with E-state index in [2.05, 4.69) is 22.8 Å². The lowest BCUT2D eigenvalue weighted by atomic mass is 10.2. The van der Waals surface area contributed by atoms with Crippen LogP contribution in [0.3, 0.4) is 0 Å². The van der Waals surface area contributed by atoms with Gasteiger partial charge < -0.3 is 0 Å². The molecule has 1 aromatic heterocycles. The van der Waals surface area contributed by atoms with E-state index in [1.54, 1.807) is 22.8 Å². The Morgan fingerprint density at radius 1 is 0.857 bits per heavy atom. The highest BCUT2D eigenvalue weighted by molar-refractivity contribution is 7.80. The average Bonchev–Trinajstić information content (AvgIpc) is 2.84. The number of halogens is 3. The van der Waals surface area contributed by atoms with E-state index in [0.717, 1.165) is 11.3 Å². The summed E-state index contributed by atoms with van der Waals surface area (Å²) in [5.41, 5.74) is 1.52. The van der Waals surface area contributed by atoms with Gasteiger partial charge in [-0.1, -0.05) is 46.9 Å². The molecule has 0 saturated carbocycles. The van der Waals surface area contributed by atoms with Gasteiger partial charge in [0.2, 0.25) is 0 Å². The molecule has 0 N–H and O–H groups in total. The molecule has 0 fully saturated rings. The third kappa shape index (κ3) is 2.77. The predicted octanol–water partition coefficient (Wildman–Crippen LogP) is 5.18. The minimum absolute atomic E-state index is 0.434. The fourth-order valence-electron chi connectivity index (χ4n) is 1.95. The molecule has 0 radical (unpaired) electrons. The lowest BCUT2D eigenvalue weighted by Gasteiger charge is -2.10. The zero-order valence-electron chi connectivity index (χ0n) is 10.5. The van der Waals surface area contributed by atoms with Gasteiger partial charge >= 0.3 is 0 Å². The zero-order chi connectivity index (χ0) is 15.0.